The Bertz CT molecular complexity index is 142. The molecule has 1 rings (SSSR count). The molecule has 0 aliphatic heterocycles. The molecular weight excluding hydrogens is 353 g/mol. The number of rotatable bonds is 4. The van der Waals surface area contributed by atoms with E-state index >= 15 is 0 Å². The van der Waals surface area contributed by atoms with Crippen molar-refractivity contribution in [2.45, 2.75) is 51.4 Å². The number of carboxylic acids is 1. The molecule has 3 heteroatoms. The summed E-state index contributed by atoms with van der Waals surface area (Å²) < 4.78 is 0. The van der Waals surface area contributed by atoms with Crippen molar-refractivity contribution in [3.63, 3.8) is 0 Å². The summed E-state index contributed by atoms with van der Waals surface area (Å²) in [4.78, 5) is 10.1. The summed E-state index contributed by atoms with van der Waals surface area (Å²) in [7, 11) is 0. The summed E-state index contributed by atoms with van der Waals surface area (Å²) in [6.07, 6.45) is 8.83. The first-order chi connectivity index (χ1) is 5.79. The van der Waals surface area contributed by atoms with Crippen molar-refractivity contribution in [2.24, 2.45) is 5.92 Å². The maximum atomic E-state index is 10.1. The molecule has 0 saturated heterocycles. The first-order valence-electron chi connectivity index (χ1n) is 4.99. The molecule has 70 valence electrons. The SMILES string of the molecule is O=C([O-])CCCC1CCCCC1.[Hg+2]. The summed E-state index contributed by atoms with van der Waals surface area (Å²) in [5, 5.41) is 10.1. The number of hydrogen-bond acceptors (Lipinski definition) is 2. The second kappa shape index (κ2) is 7.78. The Hall–Kier alpha value is 0.405. The quantitative estimate of drug-likeness (QED) is 0.704. The first-order valence-corrected chi connectivity index (χ1v) is 4.99. The van der Waals surface area contributed by atoms with Gasteiger partial charge in [0.2, 0.25) is 0 Å². The number of carbonyl (C=O) groups excluding carboxylic acids is 1. The number of carboxylic acid groups (broad SMARTS) is 1. The molecule has 0 atom stereocenters. The van der Waals surface area contributed by atoms with Crippen molar-refractivity contribution < 1.29 is 37.6 Å². The van der Waals surface area contributed by atoms with E-state index in [9.17, 15) is 9.90 Å². The van der Waals surface area contributed by atoms with Crippen LogP contribution in [0.25, 0.3) is 0 Å². The molecule has 0 unspecified atom stereocenters. The van der Waals surface area contributed by atoms with Crippen molar-refractivity contribution in [2.75, 3.05) is 0 Å². The fourth-order valence-electron chi connectivity index (χ4n) is 2.01. The van der Waals surface area contributed by atoms with Crippen molar-refractivity contribution in [1.29, 1.82) is 0 Å². The molecule has 13 heavy (non-hydrogen) atoms. The van der Waals surface area contributed by atoms with Gasteiger partial charge in [-0.25, -0.2) is 0 Å². The Morgan fingerprint density at radius 2 is 1.85 bits per heavy atom. The van der Waals surface area contributed by atoms with Gasteiger partial charge in [-0.3, -0.25) is 0 Å². The van der Waals surface area contributed by atoms with Gasteiger partial charge in [0.05, 0.1) is 0 Å². The Balaban J connectivity index is 0.00000144. The van der Waals surface area contributed by atoms with E-state index in [1.54, 1.807) is 0 Å². The van der Waals surface area contributed by atoms with Crippen molar-refractivity contribution in [3.05, 3.63) is 0 Å². The van der Waals surface area contributed by atoms with Crippen molar-refractivity contribution in [1.82, 2.24) is 0 Å². The van der Waals surface area contributed by atoms with Crippen LogP contribution in [0.4, 0.5) is 0 Å². The van der Waals surface area contributed by atoms with Gasteiger partial charge in [0.15, 0.2) is 0 Å². The van der Waals surface area contributed by atoms with Crippen LogP contribution in [0.15, 0.2) is 0 Å². The van der Waals surface area contributed by atoms with E-state index in [2.05, 4.69) is 0 Å². The molecule has 1 aliphatic rings. The van der Waals surface area contributed by atoms with Gasteiger partial charge in [-0.15, -0.1) is 0 Å². The zero-order valence-corrected chi connectivity index (χ0v) is 13.8. The van der Waals surface area contributed by atoms with Crippen LogP contribution in [-0.2, 0) is 32.5 Å². The summed E-state index contributed by atoms with van der Waals surface area (Å²) in [6, 6.07) is 0. The van der Waals surface area contributed by atoms with E-state index in [0.29, 0.717) is 0 Å². The van der Waals surface area contributed by atoms with Gasteiger partial charge in [-0.2, -0.15) is 0 Å². The predicted octanol–water partition coefficient (Wildman–Crippen LogP) is 1.48. The molecule has 0 radical (unpaired) electrons. The zero-order chi connectivity index (χ0) is 8.81. The molecule has 0 aromatic carbocycles. The Morgan fingerprint density at radius 3 is 2.38 bits per heavy atom. The fourth-order valence-corrected chi connectivity index (χ4v) is 2.01. The van der Waals surface area contributed by atoms with Crippen LogP contribution in [-0.4, -0.2) is 5.97 Å². The van der Waals surface area contributed by atoms with Crippen LogP contribution in [0, 0.1) is 5.92 Å². The van der Waals surface area contributed by atoms with Gasteiger partial charge >= 0.3 is 27.7 Å². The van der Waals surface area contributed by atoms with E-state index in [-0.39, 0.29) is 34.1 Å². The van der Waals surface area contributed by atoms with Crippen LogP contribution in [0.5, 0.6) is 0 Å². The molecule has 0 bridgehead atoms. The van der Waals surface area contributed by atoms with E-state index in [0.717, 1.165) is 18.8 Å². The van der Waals surface area contributed by atoms with Crippen molar-refractivity contribution in [3.8, 4) is 0 Å². The monoisotopic (exact) mass is 371 g/mol. The second-order valence-corrected chi connectivity index (χ2v) is 3.77. The third-order valence-electron chi connectivity index (χ3n) is 2.72. The zero-order valence-electron chi connectivity index (χ0n) is 8.26. The van der Waals surface area contributed by atoms with E-state index < -0.39 is 5.97 Å². The summed E-state index contributed by atoms with van der Waals surface area (Å²) in [5.74, 6) is -0.0936. The summed E-state index contributed by atoms with van der Waals surface area (Å²) >= 11 is 0. The smallest absolute Gasteiger partial charge is 0.550 e. The standard InChI is InChI=1S/C10H18O2.Hg/c11-10(12)8-4-7-9-5-2-1-3-6-9;/h9H,1-8H2,(H,11,12);/q;+2/p-1. The van der Waals surface area contributed by atoms with Crippen LogP contribution in [0.3, 0.4) is 0 Å². The molecular formula is C10H17HgO2+. The third kappa shape index (κ3) is 6.47. The first kappa shape index (κ1) is 13.4. The predicted molar refractivity (Wildman–Crippen MR) is 45.4 cm³/mol. The number of aliphatic carboxylic acids is 1. The molecule has 1 fully saturated rings. The fraction of sp³-hybridized carbons (Fsp3) is 0.900. The van der Waals surface area contributed by atoms with Gasteiger partial charge < -0.3 is 9.90 Å². The third-order valence-corrected chi connectivity index (χ3v) is 2.72. The molecule has 0 N–H and O–H groups in total. The van der Waals surface area contributed by atoms with E-state index in [1.165, 1.54) is 32.1 Å². The normalized spacial score (nSPS) is 17.8. The minimum absolute atomic E-state index is 0. The summed E-state index contributed by atoms with van der Waals surface area (Å²) in [6.45, 7) is 0. The maximum absolute atomic E-state index is 10.1. The van der Waals surface area contributed by atoms with Crippen LogP contribution in [0.1, 0.15) is 51.4 Å². The Labute approximate surface area is 101 Å². The van der Waals surface area contributed by atoms with Gasteiger partial charge in [0.1, 0.15) is 0 Å². The van der Waals surface area contributed by atoms with Gasteiger partial charge in [0, 0.05) is 5.97 Å². The van der Waals surface area contributed by atoms with Crippen LogP contribution in [0.2, 0.25) is 0 Å². The van der Waals surface area contributed by atoms with Gasteiger partial charge in [-0.05, 0) is 18.8 Å². The van der Waals surface area contributed by atoms with Crippen molar-refractivity contribution >= 4 is 5.97 Å². The molecule has 0 heterocycles. The van der Waals surface area contributed by atoms with E-state index in [4.69, 9.17) is 0 Å². The maximum Gasteiger partial charge on any atom is 2.00 e. The molecule has 2 nitrogen and oxygen atoms in total. The Morgan fingerprint density at radius 1 is 1.23 bits per heavy atom. The molecule has 1 aliphatic carbocycles. The average molecular weight is 370 g/mol. The van der Waals surface area contributed by atoms with Crippen LogP contribution < -0.4 is 5.11 Å². The minimum atomic E-state index is -0.897. The second-order valence-electron chi connectivity index (χ2n) is 3.77. The molecule has 0 spiro atoms. The minimum Gasteiger partial charge on any atom is -0.550 e. The number of carbonyl (C=O) groups is 1. The summed E-state index contributed by atoms with van der Waals surface area (Å²) in [5.41, 5.74) is 0. The molecule has 1 saturated carbocycles. The average Bonchev–Trinajstić information content (AvgIpc) is 2.05. The number of hydrogen-bond donors (Lipinski definition) is 0. The largest absolute Gasteiger partial charge is 2.00 e. The molecule has 0 aromatic heterocycles. The Kier molecular flexibility index (Phi) is 8.02. The molecule has 0 amide bonds. The van der Waals surface area contributed by atoms with Gasteiger partial charge in [0.25, 0.3) is 0 Å². The van der Waals surface area contributed by atoms with Crippen LogP contribution >= 0.6 is 0 Å². The molecule has 0 aromatic rings. The van der Waals surface area contributed by atoms with Gasteiger partial charge in [-0.1, -0.05) is 38.5 Å². The van der Waals surface area contributed by atoms with E-state index in [1.807, 2.05) is 0 Å². The topological polar surface area (TPSA) is 40.1 Å².